The quantitative estimate of drug-likeness (QED) is 0.664. The highest BCUT2D eigenvalue weighted by atomic mass is 32.1. The number of carbonyl (C=O) groups is 1. The van der Waals surface area contributed by atoms with Crippen molar-refractivity contribution >= 4 is 17.2 Å². The Kier molecular flexibility index (Phi) is 5.83. The van der Waals surface area contributed by atoms with Gasteiger partial charge in [-0.1, -0.05) is 29.4 Å². The van der Waals surface area contributed by atoms with Gasteiger partial charge in [-0.2, -0.15) is 16.3 Å². The number of aryl methyl sites for hydroxylation is 1. The molecule has 1 N–H and O–H groups in total. The van der Waals surface area contributed by atoms with E-state index in [2.05, 4.69) is 51.5 Å². The third-order valence-corrected chi connectivity index (χ3v) is 5.87. The molecule has 0 saturated heterocycles. The second kappa shape index (κ2) is 8.67. The molecular formula is C21H24N4O2S. The maximum absolute atomic E-state index is 12.2. The highest BCUT2D eigenvalue weighted by Crippen LogP contribution is 2.20. The minimum Gasteiger partial charge on any atom is -0.355 e. The van der Waals surface area contributed by atoms with Crippen molar-refractivity contribution in [1.29, 1.82) is 0 Å². The molecule has 146 valence electrons. The van der Waals surface area contributed by atoms with Gasteiger partial charge in [-0.05, 0) is 35.9 Å². The summed E-state index contributed by atoms with van der Waals surface area (Å²) in [5.74, 6) is 1.09. The fourth-order valence-corrected chi connectivity index (χ4v) is 4.09. The first-order valence-electron chi connectivity index (χ1n) is 9.62. The first-order valence-corrected chi connectivity index (χ1v) is 10.6. The third-order valence-electron chi connectivity index (χ3n) is 5.19. The largest absolute Gasteiger partial charge is 0.355 e. The summed E-state index contributed by atoms with van der Waals surface area (Å²) in [5, 5.41) is 11.0. The highest BCUT2D eigenvalue weighted by Gasteiger charge is 2.20. The molecule has 2 aromatic heterocycles. The van der Waals surface area contributed by atoms with Crippen LogP contribution >= 0.6 is 11.3 Å². The molecule has 1 atom stereocenters. The van der Waals surface area contributed by atoms with Crippen LogP contribution < -0.4 is 5.32 Å². The lowest BCUT2D eigenvalue weighted by Crippen LogP contribution is -2.44. The summed E-state index contributed by atoms with van der Waals surface area (Å²) >= 11 is 1.59. The third kappa shape index (κ3) is 4.48. The summed E-state index contributed by atoms with van der Waals surface area (Å²) in [6.45, 7) is 4.78. The smallest absolute Gasteiger partial charge is 0.227 e. The van der Waals surface area contributed by atoms with Crippen LogP contribution in [-0.4, -0.2) is 40.1 Å². The van der Waals surface area contributed by atoms with E-state index in [-0.39, 0.29) is 5.91 Å². The van der Waals surface area contributed by atoms with Gasteiger partial charge in [0.1, 0.15) is 0 Å². The zero-order chi connectivity index (χ0) is 19.3. The molecule has 3 heterocycles. The molecule has 0 saturated carbocycles. The summed E-state index contributed by atoms with van der Waals surface area (Å²) < 4.78 is 5.25. The first-order chi connectivity index (χ1) is 13.7. The van der Waals surface area contributed by atoms with Crippen LogP contribution in [0.15, 0.2) is 45.6 Å². The van der Waals surface area contributed by atoms with Crippen LogP contribution in [0.4, 0.5) is 0 Å². The molecule has 1 aliphatic rings. The Labute approximate surface area is 168 Å². The minimum atomic E-state index is 0.0135. The van der Waals surface area contributed by atoms with E-state index in [4.69, 9.17) is 4.52 Å². The van der Waals surface area contributed by atoms with Crippen LogP contribution in [0.1, 0.15) is 30.4 Å². The van der Waals surface area contributed by atoms with E-state index in [9.17, 15) is 4.79 Å². The van der Waals surface area contributed by atoms with E-state index in [1.807, 2.05) is 16.8 Å². The number of aromatic nitrogens is 2. The lowest BCUT2D eigenvalue weighted by atomic mass is 9.99. The van der Waals surface area contributed by atoms with Gasteiger partial charge in [0.15, 0.2) is 0 Å². The monoisotopic (exact) mass is 396 g/mol. The minimum absolute atomic E-state index is 0.0135. The van der Waals surface area contributed by atoms with Gasteiger partial charge >= 0.3 is 0 Å². The molecule has 7 heteroatoms. The maximum Gasteiger partial charge on any atom is 0.227 e. The molecule has 0 aliphatic carbocycles. The average Bonchev–Trinajstić information content (AvgIpc) is 3.41. The SMILES string of the molecule is CC(CNC(=O)CCc1nc(-c2ccsc2)no1)N1CCc2ccccc2C1. The van der Waals surface area contributed by atoms with E-state index in [0.29, 0.717) is 37.1 Å². The second-order valence-electron chi connectivity index (χ2n) is 7.17. The van der Waals surface area contributed by atoms with Crippen molar-refractivity contribution in [3.8, 4) is 11.4 Å². The topological polar surface area (TPSA) is 71.3 Å². The van der Waals surface area contributed by atoms with Crippen LogP contribution in [0.3, 0.4) is 0 Å². The molecule has 4 rings (SSSR count). The predicted molar refractivity (Wildman–Crippen MR) is 109 cm³/mol. The number of hydrogen-bond acceptors (Lipinski definition) is 6. The molecule has 6 nitrogen and oxygen atoms in total. The molecule has 0 spiro atoms. The molecule has 3 aromatic rings. The number of carbonyl (C=O) groups excluding carboxylic acids is 1. The van der Waals surface area contributed by atoms with Crippen LogP contribution in [0.25, 0.3) is 11.4 Å². The average molecular weight is 397 g/mol. The zero-order valence-electron chi connectivity index (χ0n) is 15.9. The fourth-order valence-electron chi connectivity index (χ4n) is 3.46. The summed E-state index contributed by atoms with van der Waals surface area (Å²) in [4.78, 5) is 19.0. The normalized spacial score (nSPS) is 15.2. The van der Waals surface area contributed by atoms with Crippen molar-refractivity contribution in [2.24, 2.45) is 0 Å². The van der Waals surface area contributed by atoms with Crippen molar-refractivity contribution in [1.82, 2.24) is 20.4 Å². The van der Waals surface area contributed by atoms with Gasteiger partial charge in [0.05, 0.1) is 0 Å². The number of rotatable bonds is 7. The number of hydrogen-bond donors (Lipinski definition) is 1. The Morgan fingerprint density at radius 1 is 1.32 bits per heavy atom. The molecule has 1 aliphatic heterocycles. The second-order valence-corrected chi connectivity index (χ2v) is 7.95. The van der Waals surface area contributed by atoms with E-state index in [1.54, 1.807) is 11.3 Å². The van der Waals surface area contributed by atoms with Crippen molar-refractivity contribution in [2.75, 3.05) is 13.1 Å². The summed E-state index contributed by atoms with van der Waals surface area (Å²) in [5.41, 5.74) is 3.78. The molecule has 1 aromatic carbocycles. The molecule has 0 radical (unpaired) electrons. The van der Waals surface area contributed by atoms with Gasteiger partial charge in [0, 0.05) is 49.5 Å². The lowest BCUT2D eigenvalue weighted by molar-refractivity contribution is -0.121. The van der Waals surface area contributed by atoms with Gasteiger partial charge in [-0.25, -0.2) is 0 Å². The van der Waals surface area contributed by atoms with Gasteiger partial charge in [0.2, 0.25) is 17.6 Å². The van der Waals surface area contributed by atoms with Crippen molar-refractivity contribution in [3.63, 3.8) is 0 Å². The van der Waals surface area contributed by atoms with E-state index in [1.165, 1.54) is 11.1 Å². The Balaban J connectivity index is 1.21. The summed E-state index contributed by atoms with van der Waals surface area (Å²) in [6.07, 6.45) is 1.87. The van der Waals surface area contributed by atoms with Crippen molar-refractivity contribution in [3.05, 3.63) is 58.1 Å². The number of thiophene rings is 1. The van der Waals surface area contributed by atoms with E-state index >= 15 is 0 Å². The lowest BCUT2D eigenvalue weighted by Gasteiger charge is -2.33. The molecule has 1 amide bonds. The molecule has 1 unspecified atom stereocenters. The Morgan fingerprint density at radius 2 is 2.18 bits per heavy atom. The molecule has 28 heavy (non-hydrogen) atoms. The van der Waals surface area contributed by atoms with Crippen molar-refractivity contribution in [2.45, 2.75) is 38.8 Å². The van der Waals surface area contributed by atoms with Gasteiger partial charge < -0.3 is 9.84 Å². The Morgan fingerprint density at radius 3 is 3.00 bits per heavy atom. The molecule has 0 bridgehead atoms. The number of fused-ring (bicyclic) bond motifs is 1. The standard InChI is InChI=1S/C21H24N4O2S/c1-15(25-10-8-16-4-2-3-5-17(16)13-25)12-22-19(26)6-7-20-23-21(24-27-20)18-9-11-28-14-18/h2-5,9,11,14-15H,6-8,10,12-13H2,1H3,(H,22,26). The highest BCUT2D eigenvalue weighted by molar-refractivity contribution is 7.08. The summed E-state index contributed by atoms with van der Waals surface area (Å²) in [7, 11) is 0. The van der Waals surface area contributed by atoms with Crippen molar-refractivity contribution < 1.29 is 9.32 Å². The number of nitrogens with one attached hydrogen (secondary N) is 1. The van der Waals surface area contributed by atoms with E-state index < -0.39 is 0 Å². The first kappa shape index (κ1) is 18.8. The number of amides is 1. The zero-order valence-corrected chi connectivity index (χ0v) is 16.7. The summed E-state index contributed by atoms with van der Waals surface area (Å²) in [6, 6.07) is 10.8. The Bertz CT molecular complexity index is 922. The maximum atomic E-state index is 12.2. The van der Waals surface area contributed by atoms with Crippen LogP contribution in [0.2, 0.25) is 0 Å². The van der Waals surface area contributed by atoms with Crippen LogP contribution in [-0.2, 0) is 24.2 Å². The van der Waals surface area contributed by atoms with Gasteiger partial charge in [-0.15, -0.1) is 0 Å². The van der Waals surface area contributed by atoms with Gasteiger partial charge in [-0.3, -0.25) is 9.69 Å². The number of nitrogens with zero attached hydrogens (tertiary/aromatic N) is 3. The van der Waals surface area contributed by atoms with Crippen LogP contribution in [0.5, 0.6) is 0 Å². The number of benzene rings is 1. The van der Waals surface area contributed by atoms with E-state index in [0.717, 1.165) is 25.1 Å². The Hall–Kier alpha value is -2.51. The fraction of sp³-hybridized carbons (Fsp3) is 0.381. The predicted octanol–water partition coefficient (Wildman–Crippen LogP) is 3.29. The van der Waals surface area contributed by atoms with Crippen LogP contribution in [0, 0.1) is 0 Å². The molecular weight excluding hydrogens is 372 g/mol. The van der Waals surface area contributed by atoms with Gasteiger partial charge in [0.25, 0.3) is 0 Å². The molecule has 0 fully saturated rings.